The maximum atomic E-state index is 5.99. The first kappa shape index (κ1) is 24.4. The third kappa shape index (κ3) is 8.90. The largest absolute Gasteiger partial charge is 0.493 e. The Labute approximate surface area is 182 Å². The summed E-state index contributed by atoms with van der Waals surface area (Å²) in [5.74, 6) is 2.45. The molecule has 1 aliphatic rings. The summed E-state index contributed by atoms with van der Waals surface area (Å²) in [5.41, 5.74) is 2.33. The van der Waals surface area contributed by atoms with Crippen LogP contribution in [0.5, 0.6) is 5.75 Å². The molecule has 0 aliphatic carbocycles. The van der Waals surface area contributed by atoms with E-state index in [-0.39, 0.29) is 0 Å². The summed E-state index contributed by atoms with van der Waals surface area (Å²) >= 11 is 0. The Kier molecular flexibility index (Phi) is 11.6. The summed E-state index contributed by atoms with van der Waals surface area (Å²) in [5, 5.41) is 6.93. The average Bonchev–Trinajstić information content (AvgIpc) is 2.77. The summed E-state index contributed by atoms with van der Waals surface area (Å²) in [4.78, 5) is 6.87. The van der Waals surface area contributed by atoms with Gasteiger partial charge in [0.05, 0.1) is 13.2 Å². The topological polar surface area (TPSA) is 67.4 Å². The number of nitrogens with zero attached hydrogens (tertiary/aromatic N) is 2. The molecule has 0 bridgehead atoms. The zero-order chi connectivity index (χ0) is 21.6. The van der Waals surface area contributed by atoms with Gasteiger partial charge in [0.2, 0.25) is 0 Å². The second-order valence-corrected chi connectivity index (χ2v) is 7.89. The predicted molar refractivity (Wildman–Crippen MR) is 122 cm³/mol. The summed E-state index contributed by atoms with van der Waals surface area (Å²) in [6, 6.07) is 6.33. The van der Waals surface area contributed by atoms with E-state index in [1.54, 1.807) is 14.2 Å². The first-order valence-corrected chi connectivity index (χ1v) is 11.0. The Morgan fingerprint density at radius 1 is 1.10 bits per heavy atom. The monoisotopic (exact) mass is 420 g/mol. The molecule has 0 saturated carbocycles. The lowest BCUT2D eigenvalue weighted by atomic mass is 9.97. The van der Waals surface area contributed by atoms with Crippen molar-refractivity contribution in [3.8, 4) is 5.75 Å². The van der Waals surface area contributed by atoms with E-state index in [0.717, 1.165) is 56.5 Å². The Hall–Kier alpha value is -1.83. The van der Waals surface area contributed by atoms with Crippen LogP contribution < -0.4 is 15.4 Å². The molecule has 1 aromatic carbocycles. The van der Waals surface area contributed by atoms with E-state index in [0.29, 0.717) is 25.7 Å². The highest BCUT2D eigenvalue weighted by atomic mass is 16.5. The second kappa shape index (κ2) is 14.2. The van der Waals surface area contributed by atoms with E-state index in [1.807, 2.05) is 7.05 Å². The number of methoxy groups -OCH3 is 2. The van der Waals surface area contributed by atoms with Crippen molar-refractivity contribution in [2.24, 2.45) is 10.9 Å². The van der Waals surface area contributed by atoms with Crippen molar-refractivity contribution < 1.29 is 14.2 Å². The average molecular weight is 421 g/mol. The summed E-state index contributed by atoms with van der Waals surface area (Å²) in [7, 11) is 5.30. The van der Waals surface area contributed by atoms with Gasteiger partial charge in [0.25, 0.3) is 0 Å². The van der Waals surface area contributed by atoms with Crippen LogP contribution in [0.15, 0.2) is 23.2 Å². The number of aryl methyl sites for hydroxylation is 1. The van der Waals surface area contributed by atoms with Gasteiger partial charge in [0.1, 0.15) is 5.75 Å². The Balaban J connectivity index is 1.76. The summed E-state index contributed by atoms with van der Waals surface area (Å²) in [6.07, 6.45) is 3.31. The first-order chi connectivity index (χ1) is 14.7. The number of hydrogen-bond acceptors (Lipinski definition) is 5. The van der Waals surface area contributed by atoms with E-state index in [2.05, 4.69) is 45.6 Å². The molecule has 1 aromatic rings. The van der Waals surface area contributed by atoms with Crippen molar-refractivity contribution in [1.82, 2.24) is 15.5 Å². The van der Waals surface area contributed by atoms with Gasteiger partial charge in [-0.25, -0.2) is 0 Å². The third-order valence-electron chi connectivity index (χ3n) is 5.52. The quantitative estimate of drug-likeness (QED) is 0.308. The minimum Gasteiger partial charge on any atom is -0.493 e. The molecule has 1 aliphatic heterocycles. The van der Waals surface area contributed by atoms with Gasteiger partial charge >= 0.3 is 0 Å². The number of benzene rings is 1. The maximum Gasteiger partial charge on any atom is 0.191 e. The van der Waals surface area contributed by atoms with Crippen LogP contribution in [0.3, 0.4) is 0 Å². The van der Waals surface area contributed by atoms with E-state index < -0.39 is 0 Å². The highest BCUT2D eigenvalue weighted by molar-refractivity contribution is 5.79. The molecule has 2 rings (SSSR count). The molecule has 1 heterocycles. The number of aliphatic imine (C=N–C) groups is 1. The highest BCUT2D eigenvalue weighted by Crippen LogP contribution is 2.20. The Morgan fingerprint density at radius 2 is 1.87 bits per heavy atom. The van der Waals surface area contributed by atoms with Crippen LogP contribution in [0.25, 0.3) is 0 Å². The third-order valence-corrected chi connectivity index (χ3v) is 5.52. The zero-order valence-electron chi connectivity index (χ0n) is 19.2. The fourth-order valence-corrected chi connectivity index (χ4v) is 3.60. The minimum absolute atomic E-state index is 0.653. The zero-order valence-corrected chi connectivity index (χ0v) is 19.2. The lowest BCUT2D eigenvalue weighted by Crippen LogP contribution is -2.43. The van der Waals surface area contributed by atoms with E-state index in [4.69, 9.17) is 14.2 Å². The van der Waals surface area contributed by atoms with Crippen LogP contribution in [0.1, 0.15) is 30.4 Å². The molecule has 0 unspecified atom stereocenters. The van der Waals surface area contributed by atoms with Gasteiger partial charge in [-0.2, -0.15) is 0 Å². The molecule has 7 nitrogen and oxygen atoms in total. The van der Waals surface area contributed by atoms with Crippen LogP contribution >= 0.6 is 0 Å². The van der Waals surface area contributed by atoms with Crippen molar-refractivity contribution >= 4 is 5.96 Å². The standard InChI is InChI=1S/C23H40N4O3/c1-19-6-7-21(22(16-19)30-14-5-13-28-3)18-26-23(24-2)25-17-20-8-10-27(11-9-20)12-15-29-4/h6-7,16,20H,5,8-15,17-18H2,1-4H3,(H2,24,25,26). The lowest BCUT2D eigenvalue weighted by Gasteiger charge is -2.32. The number of nitrogens with one attached hydrogen (secondary N) is 2. The minimum atomic E-state index is 0.653. The van der Waals surface area contributed by atoms with Crippen LogP contribution in [0.2, 0.25) is 0 Å². The fraction of sp³-hybridized carbons (Fsp3) is 0.696. The molecule has 0 radical (unpaired) electrons. The van der Waals surface area contributed by atoms with Gasteiger partial charge in [-0.1, -0.05) is 12.1 Å². The molecule has 7 heteroatoms. The molecule has 0 atom stereocenters. The van der Waals surface area contributed by atoms with Crippen LogP contribution in [-0.4, -0.2) is 78.1 Å². The normalized spacial score (nSPS) is 15.9. The van der Waals surface area contributed by atoms with Crippen molar-refractivity contribution in [2.75, 3.05) is 67.3 Å². The molecule has 0 amide bonds. The molecule has 0 spiro atoms. The highest BCUT2D eigenvalue weighted by Gasteiger charge is 2.19. The lowest BCUT2D eigenvalue weighted by molar-refractivity contribution is 0.121. The molecular formula is C23H40N4O3. The predicted octanol–water partition coefficient (Wildman–Crippen LogP) is 2.43. The smallest absolute Gasteiger partial charge is 0.191 e. The second-order valence-electron chi connectivity index (χ2n) is 7.89. The molecule has 30 heavy (non-hydrogen) atoms. The van der Waals surface area contributed by atoms with Crippen molar-refractivity contribution in [3.05, 3.63) is 29.3 Å². The van der Waals surface area contributed by atoms with Crippen molar-refractivity contribution in [1.29, 1.82) is 0 Å². The SMILES string of the molecule is CN=C(NCc1ccc(C)cc1OCCCOC)NCC1CCN(CCOC)CC1. The number of hydrogen-bond donors (Lipinski definition) is 2. The van der Waals surface area contributed by atoms with E-state index in [9.17, 15) is 0 Å². The molecule has 0 aromatic heterocycles. The van der Waals surface area contributed by atoms with Crippen molar-refractivity contribution in [2.45, 2.75) is 32.7 Å². The maximum absolute atomic E-state index is 5.99. The fourth-order valence-electron chi connectivity index (χ4n) is 3.60. The number of guanidine groups is 1. The Bertz CT molecular complexity index is 631. The van der Waals surface area contributed by atoms with E-state index >= 15 is 0 Å². The van der Waals surface area contributed by atoms with E-state index in [1.165, 1.54) is 18.4 Å². The molecule has 1 saturated heterocycles. The first-order valence-electron chi connectivity index (χ1n) is 11.0. The van der Waals surface area contributed by atoms with Crippen LogP contribution in [0.4, 0.5) is 0 Å². The number of rotatable bonds is 12. The molecule has 170 valence electrons. The molecule has 1 fully saturated rings. The number of ether oxygens (including phenoxy) is 3. The van der Waals surface area contributed by atoms with Gasteiger partial charge < -0.3 is 29.7 Å². The summed E-state index contributed by atoms with van der Waals surface area (Å²) < 4.78 is 16.3. The number of piperidine rings is 1. The number of likely N-dealkylation sites (tertiary alicyclic amines) is 1. The van der Waals surface area contributed by atoms with Crippen LogP contribution in [-0.2, 0) is 16.0 Å². The Morgan fingerprint density at radius 3 is 2.57 bits per heavy atom. The summed E-state index contributed by atoms with van der Waals surface area (Å²) in [6.45, 7) is 9.22. The van der Waals surface area contributed by atoms with Gasteiger partial charge in [-0.3, -0.25) is 4.99 Å². The van der Waals surface area contributed by atoms with Crippen LogP contribution in [0, 0.1) is 12.8 Å². The van der Waals surface area contributed by atoms with Gasteiger partial charge in [-0.15, -0.1) is 0 Å². The van der Waals surface area contributed by atoms with Gasteiger partial charge in [0, 0.05) is 59.5 Å². The molecule has 2 N–H and O–H groups in total. The van der Waals surface area contributed by atoms with Gasteiger partial charge in [0.15, 0.2) is 5.96 Å². The molecular weight excluding hydrogens is 380 g/mol. The van der Waals surface area contributed by atoms with Gasteiger partial charge in [-0.05, 0) is 50.4 Å². The van der Waals surface area contributed by atoms with Crippen molar-refractivity contribution in [3.63, 3.8) is 0 Å².